The molecule has 0 saturated carbocycles. The van der Waals surface area contributed by atoms with Gasteiger partial charge in [0.1, 0.15) is 0 Å². The van der Waals surface area contributed by atoms with Gasteiger partial charge in [-0.15, -0.1) is 0 Å². The molecule has 1 aliphatic rings. The lowest BCUT2D eigenvalue weighted by Gasteiger charge is -2.20. The van der Waals surface area contributed by atoms with Crippen LogP contribution in [0.3, 0.4) is 0 Å². The van der Waals surface area contributed by atoms with Crippen LogP contribution in [-0.2, 0) is 6.42 Å². The highest BCUT2D eigenvalue weighted by Gasteiger charge is 2.26. The average Bonchev–Trinajstić information content (AvgIpc) is 2.69. The zero-order chi connectivity index (χ0) is 12.4. The Labute approximate surface area is 110 Å². The van der Waals surface area contributed by atoms with Crippen LogP contribution in [-0.4, -0.2) is 29.5 Å². The molecule has 0 radical (unpaired) electrons. The third-order valence-electron chi connectivity index (χ3n) is 3.13. The number of hydrogen-bond donors (Lipinski definition) is 3. The summed E-state index contributed by atoms with van der Waals surface area (Å²) in [4.78, 5) is 0. The number of aliphatic hydroxyl groups is 2. The molecule has 5 heteroatoms. The SMILES string of the molecule is OCC(CO)NC1CCc2c(Cl)cc(Cl)cc21. The zero-order valence-electron chi connectivity index (χ0n) is 9.29. The average molecular weight is 276 g/mol. The summed E-state index contributed by atoms with van der Waals surface area (Å²) in [5.74, 6) is 0. The lowest BCUT2D eigenvalue weighted by atomic mass is 10.1. The first-order valence-corrected chi connectivity index (χ1v) is 6.37. The first-order valence-electron chi connectivity index (χ1n) is 5.61. The topological polar surface area (TPSA) is 52.5 Å². The molecule has 0 heterocycles. The Balaban J connectivity index is 2.21. The van der Waals surface area contributed by atoms with Crippen molar-refractivity contribution in [2.45, 2.75) is 24.9 Å². The second-order valence-corrected chi connectivity index (χ2v) is 5.12. The van der Waals surface area contributed by atoms with Gasteiger partial charge in [0.15, 0.2) is 0 Å². The molecule has 0 amide bonds. The van der Waals surface area contributed by atoms with E-state index in [4.69, 9.17) is 33.4 Å². The summed E-state index contributed by atoms with van der Waals surface area (Å²) < 4.78 is 0. The molecule has 94 valence electrons. The molecule has 2 rings (SSSR count). The monoisotopic (exact) mass is 275 g/mol. The van der Waals surface area contributed by atoms with E-state index in [2.05, 4.69) is 5.32 Å². The van der Waals surface area contributed by atoms with E-state index in [1.165, 1.54) is 0 Å². The van der Waals surface area contributed by atoms with Gasteiger partial charge < -0.3 is 15.5 Å². The first kappa shape index (κ1) is 13.1. The molecule has 0 fully saturated rings. The summed E-state index contributed by atoms with van der Waals surface area (Å²) in [5.41, 5.74) is 2.19. The third kappa shape index (κ3) is 2.75. The standard InChI is InChI=1S/C12H15Cl2NO2/c13-7-3-10-9(11(14)4-7)1-2-12(10)15-8(5-16)6-17/h3-4,8,12,15-17H,1-2,5-6H2. The molecular weight excluding hydrogens is 261 g/mol. The van der Waals surface area contributed by atoms with Crippen molar-refractivity contribution in [2.24, 2.45) is 0 Å². The van der Waals surface area contributed by atoms with E-state index >= 15 is 0 Å². The van der Waals surface area contributed by atoms with Crippen LogP contribution in [0.4, 0.5) is 0 Å². The van der Waals surface area contributed by atoms with Crippen molar-refractivity contribution in [1.29, 1.82) is 0 Å². The summed E-state index contributed by atoms with van der Waals surface area (Å²) in [6, 6.07) is 3.45. The zero-order valence-corrected chi connectivity index (χ0v) is 10.8. The van der Waals surface area contributed by atoms with E-state index < -0.39 is 0 Å². The van der Waals surface area contributed by atoms with E-state index in [0.717, 1.165) is 24.0 Å². The molecule has 0 aromatic heterocycles. The molecule has 3 nitrogen and oxygen atoms in total. The fourth-order valence-electron chi connectivity index (χ4n) is 2.26. The summed E-state index contributed by atoms with van der Waals surface area (Å²) >= 11 is 12.1. The maximum Gasteiger partial charge on any atom is 0.0607 e. The van der Waals surface area contributed by atoms with Crippen LogP contribution in [0.5, 0.6) is 0 Å². The Hall–Kier alpha value is -0.320. The molecule has 3 N–H and O–H groups in total. The Bertz CT molecular complexity index is 408. The Morgan fingerprint density at radius 2 is 2.00 bits per heavy atom. The fraction of sp³-hybridized carbons (Fsp3) is 0.500. The van der Waals surface area contributed by atoms with E-state index in [1.54, 1.807) is 6.07 Å². The van der Waals surface area contributed by atoms with Crippen molar-refractivity contribution in [1.82, 2.24) is 5.32 Å². The number of aliphatic hydroxyl groups excluding tert-OH is 2. The van der Waals surface area contributed by atoms with Crippen LogP contribution in [0.2, 0.25) is 10.0 Å². The minimum Gasteiger partial charge on any atom is -0.395 e. The van der Waals surface area contributed by atoms with Crippen LogP contribution in [0, 0.1) is 0 Å². The van der Waals surface area contributed by atoms with Crippen molar-refractivity contribution in [2.75, 3.05) is 13.2 Å². The van der Waals surface area contributed by atoms with Crippen LogP contribution in [0.15, 0.2) is 12.1 Å². The summed E-state index contributed by atoms with van der Waals surface area (Å²) in [7, 11) is 0. The van der Waals surface area contributed by atoms with Gasteiger partial charge in [0.05, 0.1) is 19.3 Å². The fourth-order valence-corrected chi connectivity index (χ4v) is 2.87. The van der Waals surface area contributed by atoms with Crippen LogP contribution in [0.25, 0.3) is 0 Å². The minimum absolute atomic E-state index is 0.0867. The summed E-state index contributed by atoms with van der Waals surface area (Å²) in [6.07, 6.45) is 1.80. The minimum atomic E-state index is -0.302. The first-order chi connectivity index (χ1) is 8.15. The number of nitrogens with one attached hydrogen (secondary N) is 1. The second-order valence-electron chi connectivity index (χ2n) is 4.28. The van der Waals surface area contributed by atoms with Crippen LogP contribution in [0.1, 0.15) is 23.6 Å². The van der Waals surface area contributed by atoms with Gasteiger partial charge >= 0.3 is 0 Å². The van der Waals surface area contributed by atoms with E-state index in [0.29, 0.717) is 10.0 Å². The highest BCUT2D eigenvalue weighted by atomic mass is 35.5. The third-order valence-corrected chi connectivity index (χ3v) is 3.69. The molecular formula is C12H15Cl2NO2. The summed E-state index contributed by atoms with van der Waals surface area (Å²) in [6.45, 7) is -0.173. The molecule has 1 unspecified atom stereocenters. The smallest absolute Gasteiger partial charge is 0.0607 e. The van der Waals surface area contributed by atoms with Crippen molar-refractivity contribution in [3.8, 4) is 0 Å². The van der Waals surface area contributed by atoms with E-state index in [9.17, 15) is 0 Å². The predicted molar refractivity (Wildman–Crippen MR) is 68.6 cm³/mol. The maximum absolute atomic E-state index is 9.07. The molecule has 17 heavy (non-hydrogen) atoms. The van der Waals surface area contributed by atoms with Crippen molar-refractivity contribution in [3.05, 3.63) is 33.3 Å². The predicted octanol–water partition coefficient (Wildman–Crippen LogP) is 1.92. The lowest BCUT2D eigenvalue weighted by Crippen LogP contribution is -2.37. The second kappa shape index (κ2) is 5.55. The quantitative estimate of drug-likeness (QED) is 0.787. The molecule has 0 spiro atoms. The highest BCUT2D eigenvalue weighted by molar-refractivity contribution is 6.35. The number of hydrogen-bond acceptors (Lipinski definition) is 3. The number of fused-ring (bicyclic) bond motifs is 1. The van der Waals surface area contributed by atoms with E-state index in [1.807, 2.05) is 6.07 Å². The Morgan fingerprint density at radius 3 is 2.65 bits per heavy atom. The van der Waals surface area contributed by atoms with Crippen molar-refractivity contribution in [3.63, 3.8) is 0 Å². The molecule has 1 atom stereocenters. The van der Waals surface area contributed by atoms with Crippen LogP contribution < -0.4 is 5.32 Å². The number of halogens is 2. The van der Waals surface area contributed by atoms with Gasteiger partial charge in [0.2, 0.25) is 0 Å². The normalized spacial score (nSPS) is 18.8. The number of rotatable bonds is 4. The largest absolute Gasteiger partial charge is 0.395 e. The van der Waals surface area contributed by atoms with Crippen molar-refractivity contribution >= 4 is 23.2 Å². The van der Waals surface area contributed by atoms with Gasteiger partial charge in [0.25, 0.3) is 0 Å². The molecule has 1 aliphatic carbocycles. The number of benzene rings is 1. The molecule has 0 saturated heterocycles. The molecule has 0 bridgehead atoms. The molecule has 0 aliphatic heterocycles. The highest BCUT2D eigenvalue weighted by Crippen LogP contribution is 2.37. The van der Waals surface area contributed by atoms with Crippen molar-refractivity contribution < 1.29 is 10.2 Å². The van der Waals surface area contributed by atoms with Crippen LogP contribution >= 0.6 is 23.2 Å². The Kier molecular flexibility index (Phi) is 4.28. The van der Waals surface area contributed by atoms with Gasteiger partial charge in [-0.2, -0.15) is 0 Å². The van der Waals surface area contributed by atoms with E-state index in [-0.39, 0.29) is 25.3 Å². The lowest BCUT2D eigenvalue weighted by molar-refractivity contribution is 0.162. The molecule has 1 aromatic rings. The molecule has 1 aromatic carbocycles. The van der Waals surface area contributed by atoms with Gasteiger partial charge in [0, 0.05) is 16.1 Å². The summed E-state index contributed by atoms with van der Waals surface area (Å²) in [5, 5.41) is 22.7. The Morgan fingerprint density at radius 1 is 1.29 bits per heavy atom. The van der Waals surface area contributed by atoms with Gasteiger partial charge in [-0.1, -0.05) is 23.2 Å². The van der Waals surface area contributed by atoms with Gasteiger partial charge in [-0.25, -0.2) is 0 Å². The van der Waals surface area contributed by atoms with Gasteiger partial charge in [-0.3, -0.25) is 0 Å². The maximum atomic E-state index is 9.07. The van der Waals surface area contributed by atoms with Gasteiger partial charge in [-0.05, 0) is 36.1 Å².